The van der Waals surface area contributed by atoms with E-state index in [1.807, 2.05) is 0 Å². The SMILES string of the molecule is CC1(C)CN=C(NC(CO)CO)NC1. The molecule has 14 heavy (non-hydrogen) atoms. The van der Waals surface area contributed by atoms with Crippen LogP contribution in [0.5, 0.6) is 0 Å². The third-order valence-corrected chi connectivity index (χ3v) is 2.18. The molecule has 0 spiro atoms. The molecule has 0 fully saturated rings. The smallest absolute Gasteiger partial charge is 0.191 e. The van der Waals surface area contributed by atoms with Gasteiger partial charge in [-0.15, -0.1) is 0 Å². The van der Waals surface area contributed by atoms with Crippen molar-refractivity contribution in [1.82, 2.24) is 10.6 Å². The van der Waals surface area contributed by atoms with Crippen LogP contribution in [0.15, 0.2) is 4.99 Å². The highest BCUT2D eigenvalue weighted by Crippen LogP contribution is 2.16. The van der Waals surface area contributed by atoms with Crippen molar-refractivity contribution >= 4 is 5.96 Å². The maximum atomic E-state index is 8.85. The van der Waals surface area contributed by atoms with Gasteiger partial charge < -0.3 is 20.8 Å². The van der Waals surface area contributed by atoms with Crippen molar-refractivity contribution in [3.05, 3.63) is 0 Å². The molecule has 0 aromatic rings. The van der Waals surface area contributed by atoms with Gasteiger partial charge in [0.05, 0.1) is 19.3 Å². The monoisotopic (exact) mass is 201 g/mol. The predicted octanol–water partition coefficient (Wildman–Crippen LogP) is -1.09. The van der Waals surface area contributed by atoms with E-state index in [2.05, 4.69) is 29.5 Å². The molecule has 0 saturated carbocycles. The fourth-order valence-corrected chi connectivity index (χ4v) is 1.17. The highest BCUT2D eigenvalue weighted by atomic mass is 16.3. The van der Waals surface area contributed by atoms with Crippen LogP contribution < -0.4 is 10.6 Å². The zero-order valence-electron chi connectivity index (χ0n) is 8.75. The minimum absolute atomic E-state index is 0.0966. The lowest BCUT2D eigenvalue weighted by molar-refractivity contribution is 0.182. The molecular formula is C9H19N3O2. The summed E-state index contributed by atoms with van der Waals surface area (Å²) in [7, 11) is 0. The Morgan fingerprint density at radius 3 is 2.57 bits per heavy atom. The van der Waals surface area contributed by atoms with Crippen molar-refractivity contribution < 1.29 is 10.2 Å². The minimum Gasteiger partial charge on any atom is -0.394 e. The van der Waals surface area contributed by atoms with Crippen LogP contribution in [-0.4, -0.2) is 48.5 Å². The second-order valence-corrected chi connectivity index (χ2v) is 4.39. The van der Waals surface area contributed by atoms with Crippen LogP contribution in [0, 0.1) is 5.41 Å². The van der Waals surface area contributed by atoms with Gasteiger partial charge in [-0.05, 0) is 0 Å². The zero-order valence-corrected chi connectivity index (χ0v) is 8.75. The maximum Gasteiger partial charge on any atom is 0.191 e. The summed E-state index contributed by atoms with van der Waals surface area (Å²) in [5, 5.41) is 23.8. The molecule has 1 rings (SSSR count). The zero-order chi connectivity index (χ0) is 10.6. The van der Waals surface area contributed by atoms with Crippen LogP contribution in [0.3, 0.4) is 0 Å². The van der Waals surface area contributed by atoms with Gasteiger partial charge in [0.2, 0.25) is 0 Å². The third-order valence-electron chi connectivity index (χ3n) is 2.18. The van der Waals surface area contributed by atoms with Gasteiger partial charge in [0.1, 0.15) is 0 Å². The highest BCUT2D eigenvalue weighted by Gasteiger charge is 2.22. The van der Waals surface area contributed by atoms with E-state index in [9.17, 15) is 0 Å². The van der Waals surface area contributed by atoms with Crippen molar-refractivity contribution in [2.45, 2.75) is 19.9 Å². The fourth-order valence-electron chi connectivity index (χ4n) is 1.17. The van der Waals surface area contributed by atoms with Crippen LogP contribution in [0.25, 0.3) is 0 Å². The largest absolute Gasteiger partial charge is 0.394 e. The van der Waals surface area contributed by atoms with E-state index < -0.39 is 0 Å². The van der Waals surface area contributed by atoms with Gasteiger partial charge in [-0.2, -0.15) is 0 Å². The molecule has 0 radical (unpaired) electrons. The first kappa shape index (κ1) is 11.3. The number of nitrogens with zero attached hydrogens (tertiary/aromatic N) is 1. The standard InChI is InChI=1S/C9H19N3O2/c1-9(2)5-10-8(11-6-9)12-7(3-13)4-14/h7,13-14H,3-6H2,1-2H3,(H2,10,11,12). The molecule has 5 nitrogen and oxygen atoms in total. The number of rotatable bonds is 3. The average molecular weight is 201 g/mol. The Morgan fingerprint density at radius 2 is 2.14 bits per heavy atom. The predicted molar refractivity (Wildman–Crippen MR) is 55.2 cm³/mol. The Hall–Kier alpha value is -0.810. The lowest BCUT2D eigenvalue weighted by atomic mass is 9.93. The second-order valence-electron chi connectivity index (χ2n) is 4.39. The number of aliphatic hydroxyl groups excluding tert-OH is 2. The van der Waals surface area contributed by atoms with Crippen molar-refractivity contribution in [3.63, 3.8) is 0 Å². The summed E-state index contributed by atoms with van der Waals surface area (Å²) >= 11 is 0. The summed E-state index contributed by atoms with van der Waals surface area (Å²) in [5.41, 5.74) is 0.180. The van der Waals surface area contributed by atoms with Crippen molar-refractivity contribution in [2.75, 3.05) is 26.3 Å². The van der Waals surface area contributed by atoms with Gasteiger partial charge >= 0.3 is 0 Å². The highest BCUT2D eigenvalue weighted by molar-refractivity contribution is 5.80. The Morgan fingerprint density at radius 1 is 1.50 bits per heavy atom. The number of guanidine groups is 1. The normalized spacial score (nSPS) is 20.2. The summed E-state index contributed by atoms with van der Waals surface area (Å²) in [4.78, 5) is 4.29. The lowest BCUT2D eigenvalue weighted by Gasteiger charge is -2.30. The Labute approximate surface area is 84.2 Å². The van der Waals surface area contributed by atoms with E-state index in [1.165, 1.54) is 0 Å². The van der Waals surface area contributed by atoms with E-state index in [4.69, 9.17) is 10.2 Å². The molecule has 0 amide bonds. The van der Waals surface area contributed by atoms with Gasteiger partial charge in [0.25, 0.3) is 0 Å². The van der Waals surface area contributed by atoms with Gasteiger partial charge in [0.15, 0.2) is 5.96 Å². The van der Waals surface area contributed by atoms with Crippen molar-refractivity contribution in [2.24, 2.45) is 10.4 Å². The lowest BCUT2D eigenvalue weighted by Crippen LogP contribution is -2.52. The fraction of sp³-hybridized carbons (Fsp3) is 0.889. The van der Waals surface area contributed by atoms with E-state index in [-0.39, 0.29) is 24.7 Å². The summed E-state index contributed by atoms with van der Waals surface area (Å²) in [6.07, 6.45) is 0. The number of aliphatic imine (C=N–C) groups is 1. The van der Waals surface area contributed by atoms with Crippen LogP contribution in [0.4, 0.5) is 0 Å². The van der Waals surface area contributed by atoms with Crippen LogP contribution in [-0.2, 0) is 0 Å². The molecule has 5 heteroatoms. The molecule has 1 heterocycles. The molecule has 0 aromatic heterocycles. The number of aliphatic hydroxyl groups is 2. The van der Waals surface area contributed by atoms with Gasteiger partial charge in [-0.1, -0.05) is 13.8 Å². The molecular weight excluding hydrogens is 182 g/mol. The number of nitrogens with one attached hydrogen (secondary N) is 2. The minimum atomic E-state index is -0.331. The second kappa shape index (κ2) is 4.61. The molecule has 0 aromatic carbocycles. The van der Waals surface area contributed by atoms with E-state index in [0.29, 0.717) is 5.96 Å². The van der Waals surface area contributed by atoms with Crippen molar-refractivity contribution in [3.8, 4) is 0 Å². The summed E-state index contributed by atoms with van der Waals surface area (Å²) in [6.45, 7) is 5.68. The van der Waals surface area contributed by atoms with Gasteiger partial charge in [-0.25, -0.2) is 0 Å². The summed E-state index contributed by atoms with van der Waals surface area (Å²) < 4.78 is 0. The molecule has 0 atom stereocenters. The quantitative estimate of drug-likeness (QED) is 0.468. The van der Waals surface area contributed by atoms with E-state index >= 15 is 0 Å². The van der Waals surface area contributed by atoms with Gasteiger partial charge in [0, 0.05) is 18.5 Å². The Bertz CT molecular complexity index is 212. The topological polar surface area (TPSA) is 76.9 Å². The summed E-state index contributed by atoms with van der Waals surface area (Å²) in [6, 6.07) is -0.331. The first-order chi connectivity index (χ1) is 6.57. The molecule has 0 aliphatic carbocycles. The third kappa shape index (κ3) is 3.16. The van der Waals surface area contributed by atoms with E-state index in [1.54, 1.807) is 0 Å². The average Bonchev–Trinajstić information content (AvgIpc) is 2.16. The van der Waals surface area contributed by atoms with Gasteiger partial charge in [-0.3, -0.25) is 4.99 Å². The molecule has 4 N–H and O–H groups in total. The maximum absolute atomic E-state index is 8.85. The Balaban J connectivity index is 2.44. The molecule has 0 bridgehead atoms. The molecule has 82 valence electrons. The van der Waals surface area contributed by atoms with Crippen LogP contribution in [0.2, 0.25) is 0 Å². The number of hydrogen-bond donors (Lipinski definition) is 4. The summed E-state index contributed by atoms with van der Waals surface area (Å²) in [5.74, 6) is 0.664. The number of hydrogen-bond acceptors (Lipinski definition) is 5. The molecule has 1 aliphatic heterocycles. The van der Waals surface area contributed by atoms with E-state index in [0.717, 1.165) is 13.1 Å². The van der Waals surface area contributed by atoms with Crippen LogP contribution in [0.1, 0.15) is 13.8 Å². The first-order valence-electron chi connectivity index (χ1n) is 4.84. The molecule has 0 saturated heterocycles. The Kier molecular flexibility index (Phi) is 3.71. The molecule has 1 aliphatic rings. The molecule has 0 unspecified atom stereocenters. The van der Waals surface area contributed by atoms with Crippen LogP contribution >= 0.6 is 0 Å². The van der Waals surface area contributed by atoms with Crippen molar-refractivity contribution in [1.29, 1.82) is 0 Å². The first-order valence-corrected chi connectivity index (χ1v) is 4.84.